The van der Waals surface area contributed by atoms with Crippen LogP contribution in [-0.2, 0) is 17.6 Å². The maximum atomic E-state index is 12.0. The predicted octanol–water partition coefficient (Wildman–Crippen LogP) is 3.27. The molecule has 0 aliphatic heterocycles. The number of guanidine groups is 1. The molecule has 26 heavy (non-hydrogen) atoms. The molecule has 0 atom stereocenters. The number of hydrogen-bond acceptors (Lipinski definition) is 3. The summed E-state index contributed by atoms with van der Waals surface area (Å²) >= 11 is 0. The summed E-state index contributed by atoms with van der Waals surface area (Å²) in [5.41, 5.74) is 10.5. The van der Waals surface area contributed by atoms with E-state index in [4.69, 9.17) is 5.73 Å². The maximum absolute atomic E-state index is 12.0. The number of pyridine rings is 1. The van der Waals surface area contributed by atoms with Gasteiger partial charge < -0.3 is 16.4 Å². The maximum Gasteiger partial charge on any atom is 0.227 e. The minimum absolute atomic E-state index is 0.138. The minimum Gasteiger partial charge on any atom is -0.370 e. The Morgan fingerprint density at radius 3 is 2.38 bits per heavy atom. The van der Waals surface area contributed by atoms with Crippen molar-refractivity contribution in [3.63, 3.8) is 0 Å². The van der Waals surface area contributed by atoms with Gasteiger partial charge in [0, 0.05) is 18.3 Å². The Hall–Kier alpha value is -2.89. The van der Waals surface area contributed by atoms with Gasteiger partial charge in [0.2, 0.25) is 5.91 Å². The van der Waals surface area contributed by atoms with Crippen LogP contribution in [0.1, 0.15) is 37.0 Å². The van der Waals surface area contributed by atoms with Gasteiger partial charge in [0.25, 0.3) is 0 Å². The van der Waals surface area contributed by atoms with Crippen molar-refractivity contribution in [2.75, 3.05) is 17.2 Å². The molecule has 0 saturated carbocycles. The number of carbonyl (C=O) groups is 1. The quantitative estimate of drug-likeness (QED) is 0.526. The second-order valence-corrected chi connectivity index (χ2v) is 6.07. The second kappa shape index (κ2) is 9.56. The molecule has 0 radical (unpaired) electrons. The molecule has 0 spiro atoms. The molecule has 0 aliphatic rings. The molecule has 0 unspecified atom stereocenters. The molecule has 0 aliphatic carbocycles. The van der Waals surface area contributed by atoms with E-state index in [2.05, 4.69) is 52.7 Å². The van der Waals surface area contributed by atoms with Crippen LogP contribution in [0.5, 0.6) is 0 Å². The Balaban J connectivity index is 1.90. The standard InChI is InChI=1S/C20H27N5O/c1-4-15-7-6-8-16(5-2)19(15)25-20(21)22-12-11-18(26)24-17-10-9-14(3)13-23-17/h6-10,13H,4-5,11-12H2,1-3H3,(H3,21,22,25)(H,23,24,26). The van der Waals surface area contributed by atoms with Gasteiger partial charge in [-0.2, -0.15) is 0 Å². The van der Waals surface area contributed by atoms with Gasteiger partial charge in [0.05, 0.1) is 6.54 Å². The van der Waals surface area contributed by atoms with Crippen molar-refractivity contribution in [1.29, 1.82) is 0 Å². The number of nitrogens with zero attached hydrogens (tertiary/aromatic N) is 2. The van der Waals surface area contributed by atoms with Crippen molar-refractivity contribution in [1.82, 2.24) is 4.98 Å². The third-order valence-corrected chi connectivity index (χ3v) is 4.05. The first-order chi connectivity index (χ1) is 12.5. The molecule has 0 bridgehead atoms. The minimum atomic E-state index is -0.138. The smallest absolute Gasteiger partial charge is 0.227 e. The molecule has 1 aromatic carbocycles. The van der Waals surface area contributed by atoms with Gasteiger partial charge in [0.15, 0.2) is 5.96 Å². The van der Waals surface area contributed by atoms with Crippen LogP contribution >= 0.6 is 0 Å². The average Bonchev–Trinajstić information content (AvgIpc) is 2.63. The number of anilines is 2. The summed E-state index contributed by atoms with van der Waals surface area (Å²) in [7, 11) is 0. The van der Waals surface area contributed by atoms with Crippen molar-refractivity contribution in [3.8, 4) is 0 Å². The molecule has 6 heteroatoms. The normalized spacial score (nSPS) is 11.3. The van der Waals surface area contributed by atoms with E-state index in [0.717, 1.165) is 24.1 Å². The molecule has 0 fully saturated rings. The molecule has 2 aromatic rings. The van der Waals surface area contributed by atoms with Gasteiger partial charge in [-0.3, -0.25) is 9.79 Å². The SMILES string of the molecule is CCc1cccc(CC)c1NC(N)=NCCC(=O)Nc1ccc(C)cn1. The summed E-state index contributed by atoms with van der Waals surface area (Å²) in [6, 6.07) is 9.90. The van der Waals surface area contributed by atoms with Crippen molar-refractivity contribution >= 4 is 23.4 Å². The van der Waals surface area contributed by atoms with Crippen molar-refractivity contribution < 1.29 is 4.79 Å². The first-order valence-electron chi connectivity index (χ1n) is 8.93. The third kappa shape index (κ3) is 5.58. The van der Waals surface area contributed by atoms with E-state index in [0.29, 0.717) is 18.3 Å². The highest BCUT2D eigenvalue weighted by Crippen LogP contribution is 2.22. The van der Waals surface area contributed by atoms with Gasteiger partial charge in [-0.15, -0.1) is 0 Å². The molecule has 2 rings (SSSR count). The largest absolute Gasteiger partial charge is 0.370 e. The molecule has 6 nitrogen and oxygen atoms in total. The van der Waals surface area contributed by atoms with Crippen LogP contribution in [0.25, 0.3) is 0 Å². The number of aromatic nitrogens is 1. The number of hydrogen-bond donors (Lipinski definition) is 3. The highest BCUT2D eigenvalue weighted by Gasteiger charge is 2.07. The van der Waals surface area contributed by atoms with Crippen molar-refractivity contribution in [3.05, 3.63) is 53.2 Å². The van der Waals surface area contributed by atoms with E-state index in [1.54, 1.807) is 12.3 Å². The van der Waals surface area contributed by atoms with E-state index >= 15 is 0 Å². The zero-order chi connectivity index (χ0) is 18.9. The Labute approximate surface area is 154 Å². The molecule has 1 heterocycles. The van der Waals surface area contributed by atoms with Crippen LogP contribution in [-0.4, -0.2) is 23.4 Å². The number of nitrogens with two attached hydrogens (primary N) is 1. The lowest BCUT2D eigenvalue weighted by Crippen LogP contribution is -2.25. The predicted molar refractivity (Wildman–Crippen MR) is 108 cm³/mol. The number of rotatable bonds is 7. The molecular formula is C20H27N5O. The van der Waals surface area contributed by atoms with Gasteiger partial charge in [-0.1, -0.05) is 38.1 Å². The molecule has 1 aromatic heterocycles. The average molecular weight is 353 g/mol. The Bertz CT molecular complexity index is 746. The van der Waals surface area contributed by atoms with Crippen LogP contribution in [0.3, 0.4) is 0 Å². The van der Waals surface area contributed by atoms with Crippen molar-refractivity contribution in [2.24, 2.45) is 10.7 Å². The van der Waals surface area contributed by atoms with Crippen molar-refractivity contribution in [2.45, 2.75) is 40.0 Å². The molecule has 0 saturated heterocycles. The number of aryl methyl sites for hydroxylation is 3. The molecule has 1 amide bonds. The highest BCUT2D eigenvalue weighted by molar-refractivity contribution is 5.94. The Morgan fingerprint density at radius 2 is 1.81 bits per heavy atom. The lowest BCUT2D eigenvalue weighted by Gasteiger charge is -2.14. The number of carbonyl (C=O) groups excluding carboxylic acids is 1. The van der Waals surface area contributed by atoms with Crippen LogP contribution in [0.2, 0.25) is 0 Å². The fourth-order valence-corrected chi connectivity index (χ4v) is 2.60. The third-order valence-electron chi connectivity index (χ3n) is 4.05. The zero-order valence-electron chi connectivity index (χ0n) is 15.7. The summed E-state index contributed by atoms with van der Waals surface area (Å²) in [6.45, 7) is 6.48. The summed E-state index contributed by atoms with van der Waals surface area (Å²) in [4.78, 5) is 20.4. The number of benzene rings is 1. The summed E-state index contributed by atoms with van der Waals surface area (Å²) < 4.78 is 0. The van der Waals surface area contributed by atoms with Crippen LogP contribution in [0, 0.1) is 6.92 Å². The fourth-order valence-electron chi connectivity index (χ4n) is 2.60. The van der Waals surface area contributed by atoms with Gasteiger partial charge in [0.1, 0.15) is 5.82 Å². The van der Waals surface area contributed by atoms with E-state index < -0.39 is 0 Å². The van der Waals surface area contributed by atoms with E-state index in [1.165, 1.54) is 11.1 Å². The number of para-hydroxylation sites is 1. The summed E-state index contributed by atoms with van der Waals surface area (Å²) in [6.07, 6.45) is 3.78. The van der Waals surface area contributed by atoms with Gasteiger partial charge >= 0.3 is 0 Å². The fraction of sp³-hybridized carbons (Fsp3) is 0.350. The second-order valence-electron chi connectivity index (χ2n) is 6.07. The Kier molecular flexibility index (Phi) is 7.14. The Morgan fingerprint density at radius 1 is 1.12 bits per heavy atom. The number of nitrogens with one attached hydrogen (secondary N) is 2. The lowest BCUT2D eigenvalue weighted by molar-refractivity contribution is -0.116. The molecular weight excluding hydrogens is 326 g/mol. The van der Waals surface area contributed by atoms with Gasteiger partial charge in [-0.05, 0) is 42.5 Å². The first-order valence-corrected chi connectivity index (χ1v) is 8.93. The summed E-state index contributed by atoms with van der Waals surface area (Å²) in [5, 5.41) is 5.94. The van der Waals surface area contributed by atoms with Crippen LogP contribution in [0.4, 0.5) is 11.5 Å². The zero-order valence-corrected chi connectivity index (χ0v) is 15.7. The monoisotopic (exact) mass is 353 g/mol. The topological polar surface area (TPSA) is 92.4 Å². The first kappa shape index (κ1) is 19.4. The van der Waals surface area contributed by atoms with E-state index in [-0.39, 0.29) is 12.3 Å². The van der Waals surface area contributed by atoms with Gasteiger partial charge in [-0.25, -0.2) is 4.98 Å². The van der Waals surface area contributed by atoms with E-state index in [9.17, 15) is 4.79 Å². The van der Waals surface area contributed by atoms with Crippen LogP contribution < -0.4 is 16.4 Å². The van der Waals surface area contributed by atoms with Crippen LogP contribution in [0.15, 0.2) is 41.5 Å². The molecule has 138 valence electrons. The number of amides is 1. The summed E-state index contributed by atoms with van der Waals surface area (Å²) in [5.74, 6) is 0.725. The lowest BCUT2D eigenvalue weighted by atomic mass is 10.0. The molecule has 4 N–H and O–H groups in total. The van der Waals surface area contributed by atoms with E-state index in [1.807, 2.05) is 13.0 Å². The number of aliphatic imine (C=N–C) groups is 1. The highest BCUT2D eigenvalue weighted by atomic mass is 16.1.